The Hall–Kier alpha value is -2.72. The summed E-state index contributed by atoms with van der Waals surface area (Å²) in [5.74, 6) is -0.478. The summed E-state index contributed by atoms with van der Waals surface area (Å²) in [7, 11) is -2.58. The fraction of sp³-hybridized carbons (Fsp3) is 0.222. The maximum atomic E-state index is 13.1. The van der Waals surface area contributed by atoms with Crippen LogP contribution < -0.4 is 9.54 Å². The molecule has 7 nitrogen and oxygen atoms in total. The third-order valence-corrected chi connectivity index (χ3v) is 6.23. The molecule has 148 valence electrons. The number of ether oxygens (including phenoxy) is 2. The standard InChI is InChI=1S/C18H17FN2O5S2/c1-3-26-17(22)11-21-15-9-6-13(25-2)10-16(15)27-18(21)20-28(23,24)14-7-4-12(19)5-8-14/h4-10H,3,11H2,1-2H3. The number of esters is 1. The van der Waals surface area contributed by atoms with E-state index in [2.05, 4.69) is 4.40 Å². The number of rotatable bonds is 6. The minimum absolute atomic E-state index is 0.0978. The number of fused-ring (bicyclic) bond motifs is 1. The molecule has 0 fully saturated rings. The van der Waals surface area contributed by atoms with Gasteiger partial charge in [0.25, 0.3) is 10.0 Å². The second-order valence-corrected chi connectivity index (χ2v) is 8.24. The zero-order valence-electron chi connectivity index (χ0n) is 15.1. The van der Waals surface area contributed by atoms with Crippen LogP contribution in [0, 0.1) is 5.82 Å². The lowest BCUT2D eigenvalue weighted by Gasteiger charge is -2.06. The summed E-state index contributed by atoms with van der Waals surface area (Å²) in [6.07, 6.45) is 0. The molecule has 0 aliphatic carbocycles. The van der Waals surface area contributed by atoms with Crippen molar-refractivity contribution >= 4 is 37.5 Å². The first-order valence-electron chi connectivity index (χ1n) is 8.23. The lowest BCUT2D eigenvalue weighted by molar-refractivity contribution is -0.143. The summed E-state index contributed by atoms with van der Waals surface area (Å²) in [6, 6.07) is 9.52. The Balaban J connectivity index is 2.18. The van der Waals surface area contributed by atoms with Crippen LogP contribution in [-0.4, -0.2) is 32.7 Å². The third kappa shape index (κ3) is 4.23. The van der Waals surface area contributed by atoms with Crippen LogP contribution in [0.25, 0.3) is 10.2 Å². The highest BCUT2D eigenvalue weighted by Gasteiger charge is 2.17. The normalized spacial score (nSPS) is 12.3. The molecule has 0 bridgehead atoms. The van der Waals surface area contributed by atoms with Gasteiger partial charge in [0.05, 0.1) is 28.8 Å². The van der Waals surface area contributed by atoms with Gasteiger partial charge in [-0.25, -0.2) is 4.39 Å². The highest BCUT2D eigenvalue weighted by atomic mass is 32.2. The first-order chi connectivity index (χ1) is 13.3. The number of sulfonamides is 1. The number of benzene rings is 2. The van der Waals surface area contributed by atoms with E-state index >= 15 is 0 Å². The molecule has 0 atom stereocenters. The maximum absolute atomic E-state index is 13.1. The first-order valence-corrected chi connectivity index (χ1v) is 10.5. The summed E-state index contributed by atoms with van der Waals surface area (Å²) >= 11 is 1.09. The molecule has 0 radical (unpaired) electrons. The van der Waals surface area contributed by atoms with Crippen LogP contribution in [0.15, 0.2) is 51.8 Å². The second kappa shape index (κ2) is 8.11. The molecule has 0 aliphatic heterocycles. The van der Waals surface area contributed by atoms with Crippen molar-refractivity contribution in [2.45, 2.75) is 18.4 Å². The van der Waals surface area contributed by atoms with Crippen molar-refractivity contribution in [1.29, 1.82) is 0 Å². The van der Waals surface area contributed by atoms with Crippen LogP contribution in [0.4, 0.5) is 4.39 Å². The van der Waals surface area contributed by atoms with Gasteiger partial charge in [0.2, 0.25) is 4.80 Å². The van der Waals surface area contributed by atoms with Gasteiger partial charge in [-0.2, -0.15) is 8.42 Å². The number of nitrogens with zero attached hydrogens (tertiary/aromatic N) is 2. The average Bonchev–Trinajstić information content (AvgIpc) is 2.97. The average molecular weight is 424 g/mol. The Morgan fingerprint density at radius 3 is 2.57 bits per heavy atom. The number of carbonyl (C=O) groups is 1. The summed E-state index contributed by atoms with van der Waals surface area (Å²) in [6.45, 7) is 1.69. The van der Waals surface area contributed by atoms with Gasteiger partial charge in [-0.05, 0) is 49.4 Å². The lowest BCUT2D eigenvalue weighted by atomic mass is 10.3. The number of thiazole rings is 1. The van der Waals surface area contributed by atoms with Crippen molar-refractivity contribution in [2.24, 2.45) is 4.40 Å². The Bertz CT molecular complexity index is 1180. The molecule has 3 aromatic rings. The van der Waals surface area contributed by atoms with E-state index in [0.717, 1.165) is 35.6 Å². The van der Waals surface area contributed by atoms with Crippen LogP contribution in [-0.2, 0) is 26.1 Å². The fourth-order valence-electron chi connectivity index (χ4n) is 2.50. The molecule has 1 aromatic heterocycles. The monoisotopic (exact) mass is 424 g/mol. The molecule has 0 spiro atoms. The number of hydrogen-bond donors (Lipinski definition) is 0. The highest BCUT2D eigenvalue weighted by molar-refractivity contribution is 7.90. The zero-order chi connectivity index (χ0) is 20.3. The van der Waals surface area contributed by atoms with Crippen molar-refractivity contribution in [3.05, 3.63) is 53.1 Å². The van der Waals surface area contributed by atoms with Crippen molar-refractivity contribution in [1.82, 2.24) is 4.57 Å². The molecule has 0 aliphatic rings. The van der Waals surface area contributed by atoms with Crippen LogP contribution >= 0.6 is 11.3 Å². The number of methoxy groups -OCH3 is 1. The van der Waals surface area contributed by atoms with Crippen molar-refractivity contribution < 1.29 is 27.1 Å². The molecule has 0 saturated carbocycles. The van der Waals surface area contributed by atoms with Crippen LogP contribution in [0.1, 0.15) is 6.92 Å². The van der Waals surface area contributed by atoms with E-state index in [-0.39, 0.29) is 22.8 Å². The van der Waals surface area contributed by atoms with Crippen LogP contribution in [0.5, 0.6) is 5.75 Å². The first kappa shape index (κ1) is 20.0. The van der Waals surface area contributed by atoms with Crippen LogP contribution in [0.3, 0.4) is 0 Å². The highest BCUT2D eigenvalue weighted by Crippen LogP contribution is 2.24. The predicted molar refractivity (Wildman–Crippen MR) is 102 cm³/mol. The smallest absolute Gasteiger partial charge is 0.326 e. The minimum atomic E-state index is -4.10. The van der Waals surface area contributed by atoms with Gasteiger partial charge in [0.15, 0.2) is 0 Å². The molecule has 3 rings (SSSR count). The van der Waals surface area contributed by atoms with E-state index in [9.17, 15) is 17.6 Å². The van der Waals surface area contributed by atoms with Gasteiger partial charge in [-0.3, -0.25) is 4.79 Å². The van der Waals surface area contributed by atoms with Gasteiger partial charge < -0.3 is 14.0 Å². The molecular formula is C18H17FN2O5S2. The van der Waals surface area contributed by atoms with Gasteiger partial charge in [-0.1, -0.05) is 11.3 Å². The third-order valence-electron chi connectivity index (χ3n) is 3.79. The van der Waals surface area contributed by atoms with Crippen LogP contribution in [0.2, 0.25) is 0 Å². The topological polar surface area (TPSA) is 87.0 Å². The Morgan fingerprint density at radius 2 is 1.93 bits per heavy atom. The Morgan fingerprint density at radius 1 is 1.21 bits per heavy atom. The SMILES string of the molecule is CCOC(=O)Cn1c(=NS(=O)(=O)c2ccc(F)cc2)sc2cc(OC)ccc21. The minimum Gasteiger partial charge on any atom is -0.497 e. The van der Waals surface area contributed by atoms with Crippen molar-refractivity contribution in [2.75, 3.05) is 13.7 Å². The van der Waals surface area contributed by atoms with Crippen molar-refractivity contribution in [3.63, 3.8) is 0 Å². The summed E-state index contributed by atoms with van der Waals surface area (Å²) in [4.78, 5) is 12.0. The van der Waals surface area contributed by atoms with Gasteiger partial charge in [0, 0.05) is 0 Å². The molecule has 0 saturated heterocycles. The van der Waals surface area contributed by atoms with E-state index in [1.54, 1.807) is 25.1 Å². The fourth-order valence-corrected chi connectivity index (χ4v) is 4.76. The van der Waals surface area contributed by atoms with E-state index in [4.69, 9.17) is 9.47 Å². The maximum Gasteiger partial charge on any atom is 0.326 e. The largest absolute Gasteiger partial charge is 0.497 e. The number of hydrogen-bond acceptors (Lipinski definition) is 6. The second-order valence-electron chi connectivity index (χ2n) is 5.63. The quantitative estimate of drug-likeness (QED) is 0.568. The Kier molecular flexibility index (Phi) is 5.80. The van der Waals surface area contributed by atoms with E-state index < -0.39 is 21.8 Å². The number of carbonyl (C=O) groups excluding carboxylic acids is 1. The molecule has 28 heavy (non-hydrogen) atoms. The van der Waals surface area contributed by atoms with Crippen molar-refractivity contribution in [3.8, 4) is 5.75 Å². The van der Waals surface area contributed by atoms with E-state index in [1.165, 1.54) is 11.7 Å². The molecule has 0 amide bonds. The summed E-state index contributed by atoms with van der Waals surface area (Å²) in [5.41, 5.74) is 0.618. The Labute approximate surface area is 164 Å². The number of halogens is 1. The molecule has 10 heteroatoms. The molecule has 0 unspecified atom stereocenters. The van der Waals surface area contributed by atoms with E-state index in [1.807, 2.05) is 0 Å². The van der Waals surface area contributed by atoms with Gasteiger partial charge in [-0.15, -0.1) is 4.40 Å². The predicted octanol–water partition coefficient (Wildman–Crippen LogP) is 2.70. The molecular weight excluding hydrogens is 407 g/mol. The van der Waals surface area contributed by atoms with E-state index in [0.29, 0.717) is 16.0 Å². The number of aromatic nitrogens is 1. The summed E-state index contributed by atoms with van der Waals surface area (Å²) in [5, 5.41) is 0. The molecule has 2 aromatic carbocycles. The lowest BCUT2D eigenvalue weighted by Crippen LogP contribution is -2.23. The van der Waals surface area contributed by atoms with Gasteiger partial charge >= 0.3 is 5.97 Å². The molecule has 1 heterocycles. The zero-order valence-corrected chi connectivity index (χ0v) is 16.7. The molecule has 0 N–H and O–H groups in total. The summed E-state index contributed by atoms with van der Waals surface area (Å²) < 4.78 is 54.6. The van der Waals surface area contributed by atoms with Gasteiger partial charge in [0.1, 0.15) is 18.1 Å².